The molecule has 0 aliphatic carbocycles. The molecular weight excluding hydrogens is 394 g/mol. The number of hydrogen-bond donors (Lipinski definition) is 0. The van der Waals surface area contributed by atoms with Crippen molar-refractivity contribution >= 4 is 26.0 Å². The van der Waals surface area contributed by atoms with Crippen molar-refractivity contribution in [3.8, 4) is 11.5 Å². The van der Waals surface area contributed by atoms with Crippen LogP contribution < -0.4 is 9.47 Å². The van der Waals surface area contributed by atoms with Gasteiger partial charge in [0, 0.05) is 19.2 Å². The average molecular weight is 414 g/mol. The maximum Gasteiger partial charge on any atom is 0.247 e. The normalized spacial score (nSPS) is 11.5. The lowest BCUT2D eigenvalue weighted by Gasteiger charge is -2.22. The minimum Gasteiger partial charge on any atom is -0.496 e. The van der Waals surface area contributed by atoms with E-state index in [1.807, 2.05) is 37.3 Å². The van der Waals surface area contributed by atoms with Crippen LogP contribution in [0, 0.1) is 0 Å². The molecule has 2 aromatic rings. The first-order valence-corrected chi connectivity index (χ1v) is 9.63. The van der Waals surface area contributed by atoms with E-state index in [2.05, 4.69) is 15.9 Å². The van der Waals surface area contributed by atoms with Gasteiger partial charge in [0.25, 0.3) is 0 Å². The third-order valence-electron chi connectivity index (χ3n) is 3.61. The van der Waals surface area contributed by atoms with Crippen LogP contribution in [-0.4, -0.2) is 33.5 Å². The number of ether oxygens (including phenoxy) is 2. The second kappa shape index (κ2) is 8.00. The van der Waals surface area contributed by atoms with Crippen LogP contribution in [0.1, 0.15) is 12.5 Å². The highest BCUT2D eigenvalue weighted by Gasteiger charge is 2.28. The molecule has 0 fully saturated rings. The fourth-order valence-corrected chi connectivity index (χ4v) is 4.40. The molecule has 0 saturated carbocycles. The zero-order valence-electron chi connectivity index (χ0n) is 13.8. The van der Waals surface area contributed by atoms with E-state index < -0.39 is 10.0 Å². The van der Waals surface area contributed by atoms with Crippen molar-refractivity contribution in [3.05, 3.63) is 52.5 Å². The summed E-state index contributed by atoms with van der Waals surface area (Å²) in [6, 6.07) is 12.6. The second-order valence-corrected chi connectivity index (χ2v) is 7.82. The molecule has 0 amide bonds. The van der Waals surface area contributed by atoms with Crippen LogP contribution >= 0.6 is 15.9 Å². The Balaban J connectivity index is 2.47. The van der Waals surface area contributed by atoms with Gasteiger partial charge in [0.05, 0.1) is 18.7 Å². The van der Waals surface area contributed by atoms with Crippen LogP contribution in [0.5, 0.6) is 11.5 Å². The number of benzene rings is 2. The van der Waals surface area contributed by atoms with Gasteiger partial charge in [-0.05, 0) is 27.6 Å². The Kier molecular flexibility index (Phi) is 6.26. The summed E-state index contributed by atoms with van der Waals surface area (Å²) in [6.45, 7) is 2.45. The van der Waals surface area contributed by atoms with E-state index in [9.17, 15) is 8.42 Å². The molecule has 0 radical (unpaired) electrons. The van der Waals surface area contributed by atoms with E-state index in [1.54, 1.807) is 6.07 Å². The third kappa shape index (κ3) is 3.91. The topological polar surface area (TPSA) is 55.8 Å². The van der Waals surface area contributed by atoms with Gasteiger partial charge in [-0.15, -0.1) is 0 Å². The van der Waals surface area contributed by atoms with E-state index in [0.29, 0.717) is 23.3 Å². The molecule has 2 rings (SSSR count). The quantitative estimate of drug-likeness (QED) is 0.694. The molecule has 0 atom stereocenters. The van der Waals surface area contributed by atoms with Gasteiger partial charge in [-0.3, -0.25) is 0 Å². The first kappa shape index (κ1) is 18.8. The van der Waals surface area contributed by atoms with Gasteiger partial charge in [0.2, 0.25) is 10.0 Å². The molecule has 7 heteroatoms. The zero-order chi connectivity index (χ0) is 17.7. The van der Waals surface area contributed by atoms with Crippen molar-refractivity contribution in [2.45, 2.75) is 18.4 Å². The Bertz CT molecular complexity index is 794. The van der Waals surface area contributed by atoms with E-state index in [0.717, 1.165) is 5.56 Å². The van der Waals surface area contributed by atoms with E-state index in [-0.39, 0.29) is 10.6 Å². The van der Waals surface area contributed by atoms with E-state index >= 15 is 0 Å². The lowest BCUT2D eigenvalue weighted by atomic mass is 10.2. The first-order valence-electron chi connectivity index (χ1n) is 7.39. The van der Waals surface area contributed by atoms with Crippen molar-refractivity contribution < 1.29 is 17.9 Å². The molecule has 0 bridgehead atoms. The summed E-state index contributed by atoms with van der Waals surface area (Å²) in [5, 5.41) is 0. The summed E-state index contributed by atoms with van der Waals surface area (Å²) in [5.41, 5.74) is 0.922. The Morgan fingerprint density at radius 2 is 1.67 bits per heavy atom. The number of methoxy groups -OCH3 is 2. The van der Waals surface area contributed by atoms with Crippen LogP contribution in [0.15, 0.2) is 51.8 Å². The summed E-state index contributed by atoms with van der Waals surface area (Å²) in [4.78, 5) is 0.0860. The van der Waals surface area contributed by atoms with Gasteiger partial charge < -0.3 is 9.47 Å². The molecule has 5 nitrogen and oxygen atoms in total. The monoisotopic (exact) mass is 413 g/mol. The minimum absolute atomic E-state index is 0.0860. The number of hydrogen-bond acceptors (Lipinski definition) is 4. The molecule has 0 aliphatic heterocycles. The largest absolute Gasteiger partial charge is 0.496 e. The van der Waals surface area contributed by atoms with Gasteiger partial charge >= 0.3 is 0 Å². The fourth-order valence-electron chi connectivity index (χ4n) is 2.33. The number of rotatable bonds is 7. The van der Waals surface area contributed by atoms with Crippen LogP contribution in [0.4, 0.5) is 0 Å². The molecule has 0 spiro atoms. The van der Waals surface area contributed by atoms with Gasteiger partial charge in [-0.1, -0.05) is 37.3 Å². The molecular formula is C17H20BrNO4S. The SMILES string of the molecule is CCN(Cc1ccccc1)S(=O)(=O)c1cc(OC)c(Br)cc1OC. The van der Waals surface area contributed by atoms with E-state index in [1.165, 1.54) is 24.6 Å². The highest BCUT2D eigenvalue weighted by molar-refractivity contribution is 9.10. The van der Waals surface area contributed by atoms with E-state index in [4.69, 9.17) is 9.47 Å². The van der Waals surface area contributed by atoms with Crippen molar-refractivity contribution in [2.75, 3.05) is 20.8 Å². The average Bonchev–Trinajstić information content (AvgIpc) is 2.59. The molecule has 0 saturated heterocycles. The Morgan fingerprint density at radius 3 is 2.21 bits per heavy atom. The maximum absolute atomic E-state index is 13.1. The smallest absolute Gasteiger partial charge is 0.247 e. The lowest BCUT2D eigenvalue weighted by Crippen LogP contribution is -2.30. The van der Waals surface area contributed by atoms with Crippen LogP contribution in [0.3, 0.4) is 0 Å². The van der Waals surface area contributed by atoms with Crippen LogP contribution in [0.2, 0.25) is 0 Å². The summed E-state index contributed by atoms with van der Waals surface area (Å²) < 4.78 is 38.7. The molecule has 2 aromatic carbocycles. The molecule has 130 valence electrons. The molecule has 0 aromatic heterocycles. The van der Waals surface area contributed by atoms with Crippen molar-refractivity contribution in [1.82, 2.24) is 4.31 Å². The molecule has 24 heavy (non-hydrogen) atoms. The standard InChI is InChI=1S/C17H20BrNO4S/c1-4-19(12-13-8-6-5-7-9-13)24(20,21)17-11-15(22-2)14(18)10-16(17)23-3/h5-11H,4,12H2,1-3H3. The number of nitrogens with zero attached hydrogens (tertiary/aromatic N) is 1. The fraction of sp³-hybridized carbons (Fsp3) is 0.294. The lowest BCUT2D eigenvalue weighted by molar-refractivity contribution is 0.382. The van der Waals surface area contributed by atoms with Crippen molar-refractivity contribution in [3.63, 3.8) is 0 Å². The highest BCUT2D eigenvalue weighted by atomic mass is 79.9. The van der Waals surface area contributed by atoms with Crippen LogP contribution in [-0.2, 0) is 16.6 Å². The van der Waals surface area contributed by atoms with Crippen molar-refractivity contribution in [2.24, 2.45) is 0 Å². The summed E-state index contributed by atoms with van der Waals surface area (Å²) in [5.74, 6) is 0.708. The molecule has 0 unspecified atom stereocenters. The first-order chi connectivity index (χ1) is 11.4. The minimum atomic E-state index is -3.73. The summed E-state index contributed by atoms with van der Waals surface area (Å²) >= 11 is 3.34. The van der Waals surface area contributed by atoms with Gasteiger partial charge in [0.15, 0.2) is 0 Å². The van der Waals surface area contributed by atoms with Gasteiger partial charge in [-0.2, -0.15) is 4.31 Å². The Hall–Kier alpha value is -1.57. The Morgan fingerprint density at radius 1 is 1.04 bits per heavy atom. The predicted octanol–water partition coefficient (Wildman–Crippen LogP) is 3.68. The highest BCUT2D eigenvalue weighted by Crippen LogP contribution is 2.36. The summed E-state index contributed by atoms with van der Waals surface area (Å²) in [6.07, 6.45) is 0. The number of sulfonamides is 1. The second-order valence-electron chi connectivity index (χ2n) is 5.05. The molecule has 0 heterocycles. The maximum atomic E-state index is 13.1. The van der Waals surface area contributed by atoms with Crippen molar-refractivity contribution in [1.29, 1.82) is 0 Å². The van der Waals surface area contributed by atoms with Gasteiger partial charge in [0.1, 0.15) is 16.4 Å². The predicted molar refractivity (Wildman–Crippen MR) is 97.0 cm³/mol. The molecule has 0 aliphatic rings. The Labute approximate surface area is 151 Å². The number of halogens is 1. The molecule has 0 N–H and O–H groups in total. The zero-order valence-corrected chi connectivity index (χ0v) is 16.2. The van der Waals surface area contributed by atoms with Crippen LogP contribution in [0.25, 0.3) is 0 Å². The van der Waals surface area contributed by atoms with Gasteiger partial charge in [-0.25, -0.2) is 8.42 Å². The summed E-state index contributed by atoms with van der Waals surface area (Å²) in [7, 11) is -0.798. The third-order valence-corrected chi connectivity index (χ3v) is 6.17.